The number of hydrogen-bond acceptors (Lipinski definition) is 3. The molecule has 0 unspecified atom stereocenters. The van der Waals surface area contributed by atoms with Gasteiger partial charge < -0.3 is 19.6 Å². The molecule has 2 aromatic heterocycles. The van der Waals surface area contributed by atoms with Crippen LogP contribution in [0, 0.1) is 0 Å². The second-order valence-electron chi connectivity index (χ2n) is 7.00. The Morgan fingerprint density at radius 2 is 1.90 bits per heavy atom. The molecule has 0 spiro atoms. The number of nitrogens with zero attached hydrogens (tertiary/aromatic N) is 1. The van der Waals surface area contributed by atoms with Crippen LogP contribution < -0.4 is 15.6 Å². The maximum atomic E-state index is 11.6. The van der Waals surface area contributed by atoms with Crippen LogP contribution in [0.1, 0.15) is 18.1 Å². The van der Waals surface area contributed by atoms with Gasteiger partial charge in [-0.1, -0.05) is 11.6 Å². The maximum absolute atomic E-state index is 11.6. The van der Waals surface area contributed by atoms with Gasteiger partial charge in [0.1, 0.15) is 11.5 Å². The van der Waals surface area contributed by atoms with Gasteiger partial charge in [-0.3, -0.25) is 9.59 Å². The number of aromatic nitrogens is 2. The summed E-state index contributed by atoms with van der Waals surface area (Å²) in [6.45, 7) is 2.41. The molecule has 0 aliphatic rings. The van der Waals surface area contributed by atoms with Gasteiger partial charge in [0.2, 0.25) is 11.5 Å². The SMILES string of the molecule is CC(=O)NCc1cc(Oc2ccc(Cl)cc2)c2ccn(Cc3cc[nH]c(=O)c3)c2c1. The van der Waals surface area contributed by atoms with Crippen molar-refractivity contribution in [3.63, 3.8) is 0 Å². The number of fused-ring (bicyclic) bond motifs is 1. The summed E-state index contributed by atoms with van der Waals surface area (Å²) in [6, 6.07) is 16.5. The molecular formula is C23H20ClN3O3. The summed E-state index contributed by atoms with van der Waals surface area (Å²) in [6.07, 6.45) is 3.60. The van der Waals surface area contributed by atoms with Crippen molar-refractivity contribution in [2.45, 2.75) is 20.0 Å². The average Bonchev–Trinajstić information content (AvgIpc) is 3.11. The van der Waals surface area contributed by atoms with Crippen LogP contribution in [0.5, 0.6) is 11.5 Å². The Labute approximate surface area is 178 Å². The van der Waals surface area contributed by atoms with E-state index in [1.165, 1.54) is 6.92 Å². The van der Waals surface area contributed by atoms with E-state index in [0.29, 0.717) is 29.6 Å². The minimum absolute atomic E-state index is 0.103. The van der Waals surface area contributed by atoms with Gasteiger partial charge in [-0.25, -0.2) is 0 Å². The van der Waals surface area contributed by atoms with Crippen LogP contribution in [0.4, 0.5) is 0 Å². The van der Waals surface area contributed by atoms with Crippen molar-refractivity contribution in [3.8, 4) is 11.5 Å². The molecule has 0 radical (unpaired) electrons. The van der Waals surface area contributed by atoms with E-state index in [-0.39, 0.29) is 11.5 Å². The molecule has 6 nitrogen and oxygen atoms in total. The molecule has 0 saturated carbocycles. The summed E-state index contributed by atoms with van der Waals surface area (Å²) in [7, 11) is 0. The smallest absolute Gasteiger partial charge is 0.248 e. The van der Waals surface area contributed by atoms with Crippen LogP contribution in [-0.4, -0.2) is 15.5 Å². The summed E-state index contributed by atoms with van der Waals surface area (Å²) < 4.78 is 8.19. The van der Waals surface area contributed by atoms with Gasteiger partial charge in [0, 0.05) is 48.9 Å². The van der Waals surface area contributed by atoms with E-state index in [0.717, 1.165) is 22.0 Å². The molecule has 4 aromatic rings. The van der Waals surface area contributed by atoms with Crippen LogP contribution in [0.2, 0.25) is 5.02 Å². The highest BCUT2D eigenvalue weighted by Crippen LogP contribution is 2.33. The number of carbonyl (C=O) groups excluding carboxylic acids is 1. The van der Waals surface area contributed by atoms with Crippen molar-refractivity contribution in [2.24, 2.45) is 0 Å². The van der Waals surface area contributed by atoms with Crippen molar-refractivity contribution in [1.82, 2.24) is 14.9 Å². The summed E-state index contributed by atoms with van der Waals surface area (Å²) in [4.78, 5) is 25.6. The molecule has 2 heterocycles. The van der Waals surface area contributed by atoms with Crippen LogP contribution in [0.25, 0.3) is 10.9 Å². The fraction of sp³-hybridized carbons (Fsp3) is 0.130. The third-order valence-electron chi connectivity index (χ3n) is 4.69. The first-order valence-corrected chi connectivity index (χ1v) is 9.83. The molecule has 0 saturated heterocycles. The maximum Gasteiger partial charge on any atom is 0.248 e. The molecule has 0 fully saturated rings. The van der Waals surface area contributed by atoms with Crippen molar-refractivity contribution < 1.29 is 9.53 Å². The van der Waals surface area contributed by atoms with E-state index in [1.807, 2.05) is 42.6 Å². The minimum Gasteiger partial charge on any atom is -0.457 e. The Balaban J connectivity index is 1.75. The standard InChI is InChI=1S/C23H20ClN3O3/c1-15(28)26-13-17-10-21-20(22(11-17)30-19-4-2-18(24)3-5-19)7-9-27(21)14-16-6-8-25-23(29)12-16/h2-12H,13-14H2,1H3,(H,25,29)(H,26,28). The third kappa shape index (κ3) is 4.55. The fourth-order valence-electron chi connectivity index (χ4n) is 3.28. The second-order valence-corrected chi connectivity index (χ2v) is 7.43. The van der Waals surface area contributed by atoms with Crippen LogP contribution >= 0.6 is 11.6 Å². The van der Waals surface area contributed by atoms with Crippen molar-refractivity contribution >= 4 is 28.4 Å². The number of benzene rings is 2. The molecule has 0 aliphatic carbocycles. The van der Waals surface area contributed by atoms with Crippen molar-refractivity contribution in [3.05, 3.63) is 93.5 Å². The normalized spacial score (nSPS) is 10.9. The van der Waals surface area contributed by atoms with E-state index in [4.69, 9.17) is 16.3 Å². The Hall–Kier alpha value is -3.51. The Morgan fingerprint density at radius 3 is 2.63 bits per heavy atom. The molecular weight excluding hydrogens is 402 g/mol. The highest BCUT2D eigenvalue weighted by atomic mass is 35.5. The third-order valence-corrected chi connectivity index (χ3v) is 4.94. The van der Waals surface area contributed by atoms with E-state index in [9.17, 15) is 9.59 Å². The molecule has 0 atom stereocenters. The average molecular weight is 422 g/mol. The molecule has 152 valence electrons. The van der Waals surface area contributed by atoms with Crippen LogP contribution in [-0.2, 0) is 17.9 Å². The number of pyridine rings is 1. The molecule has 0 bridgehead atoms. The highest BCUT2D eigenvalue weighted by Gasteiger charge is 2.12. The molecule has 30 heavy (non-hydrogen) atoms. The van der Waals surface area contributed by atoms with Gasteiger partial charge in [-0.05, 0) is 59.7 Å². The fourth-order valence-corrected chi connectivity index (χ4v) is 3.41. The quantitative estimate of drug-likeness (QED) is 0.482. The molecule has 1 amide bonds. The highest BCUT2D eigenvalue weighted by molar-refractivity contribution is 6.30. The first-order chi connectivity index (χ1) is 14.5. The number of H-pyrrole nitrogens is 1. The number of amides is 1. The summed E-state index contributed by atoms with van der Waals surface area (Å²) in [5.74, 6) is 1.24. The van der Waals surface area contributed by atoms with Crippen molar-refractivity contribution in [1.29, 1.82) is 0 Å². The van der Waals surface area contributed by atoms with Gasteiger partial charge in [0.05, 0.1) is 5.52 Å². The lowest BCUT2D eigenvalue weighted by Gasteiger charge is -2.12. The van der Waals surface area contributed by atoms with Gasteiger partial charge >= 0.3 is 0 Å². The van der Waals surface area contributed by atoms with Gasteiger partial charge in [0.15, 0.2) is 0 Å². The lowest BCUT2D eigenvalue weighted by Crippen LogP contribution is -2.18. The zero-order chi connectivity index (χ0) is 21.1. The predicted octanol–water partition coefficient (Wildman–Crippen LogP) is 4.46. The van der Waals surface area contributed by atoms with E-state index >= 15 is 0 Å². The molecule has 2 N–H and O–H groups in total. The molecule has 7 heteroatoms. The number of nitrogens with one attached hydrogen (secondary N) is 2. The predicted molar refractivity (Wildman–Crippen MR) is 117 cm³/mol. The van der Waals surface area contributed by atoms with Crippen molar-refractivity contribution in [2.75, 3.05) is 0 Å². The summed E-state index contributed by atoms with van der Waals surface area (Å²) in [5.41, 5.74) is 2.61. The number of ether oxygens (including phenoxy) is 1. The zero-order valence-electron chi connectivity index (χ0n) is 16.3. The molecule has 0 aliphatic heterocycles. The van der Waals surface area contributed by atoms with E-state index < -0.39 is 0 Å². The lowest BCUT2D eigenvalue weighted by atomic mass is 10.1. The minimum atomic E-state index is -0.137. The van der Waals surface area contributed by atoms with E-state index in [2.05, 4.69) is 14.9 Å². The zero-order valence-corrected chi connectivity index (χ0v) is 17.1. The first kappa shape index (κ1) is 19.8. The number of carbonyl (C=O) groups is 1. The Bertz CT molecular complexity index is 1260. The first-order valence-electron chi connectivity index (χ1n) is 9.45. The van der Waals surface area contributed by atoms with Gasteiger partial charge in [-0.15, -0.1) is 0 Å². The lowest BCUT2D eigenvalue weighted by molar-refractivity contribution is -0.119. The molecule has 2 aromatic carbocycles. The Kier molecular flexibility index (Phi) is 5.59. The largest absolute Gasteiger partial charge is 0.457 e. The van der Waals surface area contributed by atoms with Crippen LogP contribution in [0.15, 0.2) is 71.8 Å². The molecule has 4 rings (SSSR count). The summed E-state index contributed by atoms with van der Waals surface area (Å²) >= 11 is 5.97. The Morgan fingerprint density at radius 1 is 1.10 bits per heavy atom. The van der Waals surface area contributed by atoms with Crippen LogP contribution in [0.3, 0.4) is 0 Å². The number of aromatic amines is 1. The topological polar surface area (TPSA) is 76.1 Å². The van der Waals surface area contributed by atoms with Gasteiger partial charge in [0.25, 0.3) is 0 Å². The second kappa shape index (κ2) is 8.47. The monoisotopic (exact) mass is 421 g/mol. The van der Waals surface area contributed by atoms with Gasteiger partial charge in [-0.2, -0.15) is 0 Å². The van der Waals surface area contributed by atoms with E-state index in [1.54, 1.807) is 24.4 Å². The number of halogens is 1. The summed E-state index contributed by atoms with van der Waals surface area (Å²) in [5, 5.41) is 4.39. The number of hydrogen-bond donors (Lipinski definition) is 2. The number of rotatable bonds is 6.